The lowest BCUT2D eigenvalue weighted by atomic mass is 10.1. The first-order chi connectivity index (χ1) is 15.0. The van der Waals surface area contributed by atoms with E-state index in [2.05, 4.69) is 15.5 Å². The highest BCUT2D eigenvalue weighted by molar-refractivity contribution is 5.97. The minimum atomic E-state index is -0.440. The summed E-state index contributed by atoms with van der Waals surface area (Å²) in [7, 11) is 4.52. The van der Waals surface area contributed by atoms with E-state index in [-0.39, 0.29) is 6.03 Å². The SMILES string of the molecule is COC(=O)c1ccc(N2CCCC2)c(NC(=O)NCCc2ccc(OC)c(OC)c2)c1. The van der Waals surface area contributed by atoms with Crippen LogP contribution in [0, 0.1) is 0 Å². The zero-order valence-electron chi connectivity index (χ0n) is 18.2. The fourth-order valence-corrected chi connectivity index (χ4v) is 3.64. The molecule has 2 N–H and O–H groups in total. The van der Waals surface area contributed by atoms with Crippen LogP contribution in [0.15, 0.2) is 36.4 Å². The Balaban J connectivity index is 1.64. The van der Waals surface area contributed by atoms with E-state index in [1.54, 1.807) is 26.4 Å². The molecule has 1 heterocycles. The third-order valence-corrected chi connectivity index (χ3v) is 5.26. The molecule has 0 bridgehead atoms. The third kappa shape index (κ3) is 5.59. The van der Waals surface area contributed by atoms with E-state index in [0.717, 1.165) is 37.2 Å². The number of carbonyl (C=O) groups excluding carboxylic acids is 2. The molecular weight excluding hydrogens is 398 g/mol. The van der Waals surface area contributed by atoms with Gasteiger partial charge in [-0.1, -0.05) is 6.07 Å². The highest BCUT2D eigenvalue weighted by Crippen LogP contribution is 2.30. The number of esters is 1. The summed E-state index contributed by atoms with van der Waals surface area (Å²) in [6.07, 6.45) is 2.85. The number of nitrogens with one attached hydrogen (secondary N) is 2. The summed E-state index contributed by atoms with van der Waals surface area (Å²) < 4.78 is 15.4. The standard InChI is InChI=1S/C23H29N3O5/c1-29-20-9-6-16(14-21(20)30-2)10-11-24-23(28)25-18-15-17(22(27)31-3)7-8-19(18)26-12-4-5-13-26/h6-9,14-15H,4-5,10-13H2,1-3H3,(H2,24,25,28). The van der Waals surface area contributed by atoms with E-state index in [9.17, 15) is 9.59 Å². The van der Waals surface area contributed by atoms with Crippen molar-refractivity contribution in [3.05, 3.63) is 47.5 Å². The zero-order valence-corrected chi connectivity index (χ0v) is 18.2. The lowest BCUT2D eigenvalue weighted by Gasteiger charge is -2.22. The van der Waals surface area contributed by atoms with Crippen LogP contribution in [0.3, 0.4) is 0 Å². The van der Waals surface area contributed by atoms with Gasteiger partial charge in [0.15, 0.2) is 11.5 Å². The monoisotopic (exact) mass is 427 g/mol. The Hall–Kier alpha value is -3.42. The molecule has 0 spiro atoms. The van der Waals surface area contributed by atoms with Gasteiger partial charge in [0.05, 0.1) is 38.3 Å². The lowest BCUT2D eigenvalue weighted by Crippen LogP contribution is -2.31. The van der Waals surface area contributed by atoms with Crippen molar-refractivity contribution in [2.45, 2.75) is 19.3 Å². The fourth-order valence-electron chi connectivity index (χ4n) is 3.64. The van der Waals surface area contributed by atoms with Crippen molar-refractivity contribution in [2.75, 3.05) is 51.2 Å². The number of nitrogens with zero attached hydrogens (tertiary/aromatic N) is 1. The summed E-state index contributed by atoms with van der Waals surface area (Å²) in [6.45, 7) is 2.29. The van der Waals surface area contributed by atoms with Crippen LogP contribution < -0.4 is 25.0 Å². The van der Waals surface area contributed by atoms with Crippen LogP contribution in [0.4, 0.5) is 16.2 Å². The van der Waals surface area contributed by atoms with Gasteiger partial charge in [-0.05, 0) is 55.2 Å². The largest absolute Gasteiger partial charge is 0.493 e. The fraction of sp³-hybridized carbons (Fsp3) is 0.391. The molecule has 166 valence electrons. The Kier molecular flexibility index (Phi) is 7.59. The summed E-state index contributed by atoms with van der Waals surface area (Å²) >= 11 is 0. The molecule has 0 radical (unpaired) electrons. The van der Waals surface area contributed by atoms with E-state index in [1.807, 2.05) is 24.3 Å². The number of amides is 2. The third-order valence-electron chi connectivity index (χ3n) is 5.26. The molecule has 2 aromatic rings. The summed E-state index contributed by atoms with van der Waals surface area (Å²) in [5.41, 5.74) is 2.91. The van der Waals surface area contributed by atoms with E-state index < -0.39 is 5.97 Å². The molecule has 8 nitrogen and oxygen atoms in total. The van der Waals surface area contributed by atoms with Gasteiger partial charge in [0.2, 0.25) is 0 Å². The van der Waals surface area contributed by atoms with E-state index in [4.69, 9.17) is 14.2 Å². The van der Waals surface area contributed by atoms with Gasteiger partial charge < -0.3 is 29.7 Å². The average molecular weight is 428 g/mol. The van der Waals surface area contributed by atoms with E-state index in [0.29, 0.717) is 35.7 Å². The number of methoxy groups -OCH3 is 3. The first kappa shape index (κ1) is 22.3. The average Bonchev–Trinajstić information content (AvgIpc) is 3.33. The van der Waals surface area contributed by atoms with Crippen LogP contribution >= 0.6 is 0 Å². The van der Waals surface area contributed by atoms with Crippen LogP contribution in [0.25, 0.3) is 0 Å². The molecular formula is C23H29N3O5. The summed E-state index contributed by atoms with van der Waals surface area (Å²) in [4.78, 5) is 26.7. The van der Waals surface area contributed by atoms with Gasteiger partial charge in [0.1, 0.15) is 0 Å². The number of anilines is 2. The molecule has 1 aliphatic rings. The first-order valence-corrected chi connectivity index (χ1v) is 10.3. The summed E-state index contributed by atoms with van der Waals surface area (Å²) in [6, 6.07) is 10.6. The van der Waals surface area contributed by atoms with Crippen LogP contribution in [0.1, 0.15) is 28.8 Å². The second-order valence-corrected chi connectivity index (χ2v) is 7.24. The first-order valence-electron chi connectivity index (χ1n) is 10.3. The second kappa shape index (κ2) is 10.6. The smallest absolute Gasteiger partial charge is 0.337 e. The van der Waals surface area contributed by atoms with Crippen molar-refractivity contribution in [3.63, 3.8) is 0 Å². The lowest BCUT2D eigenvalue weighted by molar-refractivity contribution is 0.0600. The number of hydrogen-bond donors (Lipinski definition) is 2. The van der Waals surface area contributed by atoms with Crippen LogP contribution in [-0.2, 0) is 11.2 Å². The predicted molar refractivity (Wildman–Crippen MR) is 119 cm³/mol. The molecule has 0 saturated carbocycles. The zero-order chi connectivity index (χ0) is 22.2. The highest BCUT2D eigenvalue weighted by Gasteiger charge is 2.19. The normalized spacial score (nSPS) is 12.9. The van der Waals surface area contributed by atoms with Crippen molar-refractivity contribution in [1.29, 1.82) is 0 Å². The Morgan fingerprint density at radius 3 is 2.39 bits per heavy atom. The Morgan fingerprint density at radius 1 is 0.968 bits per heavy atom. The maximum Gasteiger partial charge on any atom is 0.337 e. The topological polar surface area (TPSA) is 89.1 Å². The van der Waals surface area contributed by atoms with Crippen molar-refractivity contribution in [2.24, 2.45) is 0 Å². The van der Waals surface area contributed by atoms with Gasteiger partial charge in [-0.15, -0.1) is 0 Å². The van der Waals surface area contributed by atoms with Gasteiger partial charge >= 0.3 is 12.0 Å². The Labute approximate surface area is 182 Å². The van der Waals surface area contributed by atoms with Crippen molar-refractivity contribution in [1.82, 2.24) is 5.32 Å². The van der Waals surface area contributed by atoms with Gasteiger partial charge in [-0.2, -0.15) is 0 Å². The molecule has 0 aliphatic carbocycles. The molecule has 31 heavy (non-hydrogen) atoms. The van der Waals surface area contributed by atoms with Crippen LogP contribution in [-0.4, -0.2) is 53.0 Å². The van der Waals surface area contributed by atoms with Crippen LogP contribution in [0.5, 0.6) is 11.5 Å². The molecule has 0 atom stereocenters. The maximum absolute atomic E-state index is 12.5. The molecule has 1 aliphatic heterocycles. The molecule has 0 unspecified atom stereocenters. The van der Waals surface area contributed by atoms with Gasteiger partial charge in [0.25, 0.3) is 0 Å². The van der Waals surface area contributed by atoms with Crippen LogP contribution in [0.2, 0.25) is 0 Å². The molecule has 0 aromatic heterocycles. The quantitative estimate of drug-likeness (QED) is 0.628. The summed E-state index contributed by atoms with van der Waals surface area (Å²) in [5.74, 6) is 0.876. The van der Waals surface area contributed by atoms with E-state index in [1.165, 1.54) is 7.11 Å². The molecule has 8 heteroatoms. The molecule has 3 rings (SSSR count). The van der Waals surface area contributed by atoms with Gasteiger partial charge in [-0.25, -0.2) is 9.59 Å². The number of hydrogen-bond acceptors (Lipinski definition) is 6. The highest BCUT2D eigenvalue weighted by atomic mass is 16.5. The number of rotatable bonds is 8. The predicted octanol–water partition coefficient (Wildman–Crippen LogP) is 3.45. The Morgan fingerprint density at radius 2 is 1.71 bits per heavy atom. The minimum absolute atomic E-state index is 0.331. The molecule has 2 aromatic carbocycles. The van der Waals surface area contributed by atoms with Gasteiger partial charge in [0, 0.05) is 19.6 Å². The summed E-state index contributed by atoms with van der Waals surface area (Å²) in [5, 5.41) is 5.76. The molecule has 2 amide bonds. The molecule has 1 fully saturated rings. The number of urea groups is 1. The second-order valence-electron chi connectivity index (χ2n) is 7.24. The number of carbonyl (C=O) groups is 2. The van der Waals surface area contributed by atoms with Crippen molar-refractivity contribution >= 4 is 23.4 Å². The number of ether oxygens (including phenoxy) is 3. The number of benzene rings is 2. The minimum Gasteiger partial charge on any atom is -0.493 e. The van der Waals surface area contributed by atoms with Gasteiger partial charge in [-0.3, -0.25) is 0 Å². The maximum atomic E-state index is 12.5. The van der Waals surface area contributed by atoms with E-state index >= 15 is 0 Å². The van der Waals surface area contributed by atoms with Crippen molar-refractivity contribution in [3.8, 4) is 11.5 Å². The van der Waals surface area contributed by atoms with Crippen molar-refractivity contribution < 1.29 is 23.8 Å². The Bertz CT molecular complexity index is 925. The molecule has 1 saturated heterocycles.